The SMILES string of the molecule is NCCCC[C@H](N)C(=O)N[C@@H](Cc1ccccc1)C(=O)N[C@H](Cc1c[nH]c2ccccc12)C(=O)N[C@H](Cc1ccc2ccccc2c1)C(=O)NC1(C(=O)O)CCNCC1. The molecule has 2 heterocycles. The minimum atomic E-state index is -1.53. The number of aromatic nitrogens is 1. The van der Waals surface area contributed by atoms with Crippen molar-refractivity contribution in [2.24, 2.45) is 11.5 Å². The maximum Gasteiger partial charge on any atom is 0.329 e. The number of hydrogen-bond donors (Lipinski definition) is 9. The predicted octanol–water partition coefficient (Wildman–Crippen LogP) is 2.58. The molecule has 14 nitrogen and oxygen atoms in total. The number of carbonyl (C=O) groups is 5. The number of aromatic amines is 1. The van der Waals surface area contributed by atoms with E-state index < -0.39 is 59.3 Å². The third-order valence-electron chi connectivity index (χ3n) is 11.1. The number of hydrogen-bond acceptors (Lipinski definition) is 8. The average molecular weight is 803 g/mol. The molecule has 1 aliphatic heterocycles. The maximum absolute atomic E-state index is 14.7. The second-order valence-electron chi connectivity index (χ2n) is 15.3. The standard InChI is InChI=1S/C45H54N8O6/c46-21-9-8-15-35(47)40(54)50-37(25-29-10-2-1-3-11-29)41(55)52-39(27-33-28-49-36-16-7-6-14-34(33)36)42(56)51-38(26-30-17-18-31-12-4-5-13-32(31)24-30)43(57)53-45(44(58)59)19-22-48-23-20-45/h1-7,10-14,16-18,24,28,35,37-39,48-49H,8-9,15,19-23,25-27,46-47H2,(H,50,54)(H,51,56)(H,52,55)(H,53,57)(H,58,59)/t35-,37-,38+,39+/m0/s1. The average Bonchev–Trinajstić information content (AvgIpc) is 3.66. The smallest absolute Gasteiger partial charge is 0.329 e. The molecule has 0 saturated carbocycles. The summed E-state index contributed by atoms with van der Waals surface area (Å²) in [6.07, 6.45) is 4.01. The molecule has 0 radical (unpaired) electrons. The Morgan fingerprint density at radius 1 is 0.678 bits per heavy atom. The van der Waals surface area contributed by atoms with E-state index in [1.54, 1.807) is 6.20 Å². The Balaban J connectivity index is 1.31. The van der Waals surface area contributed by atoms with Crippen molar-refractivity contribution in [2.75, 3.05) is 19.6 Å². The van der Waals surface area contributed by atoms with Crippen LogP contribution >= 0.6 is 0 Å². The molecule has 1 aliphatic rings. The molecule has 310 valence electrons. The van der Waals surface area contributed by atoms with Crippen molar-refractivity contribution in [2.45, 2.75) is 81.1 Å². The summed E-state index contributed by atoms with van der Waals surface area (Å²) in [5, 5.41) is 27.6. The molecular weight excluding hydrogens is 749 g/mol. The van der Waals surface area contributed by atoms with Crippen molar-refractivity contribution in [1.82, 2.24) is 31.6 Å². The zero-order valence-electron chi connectivity index (χ0n) is 33.0. The van der Waals surface area contributed by atoms with Gasteiger partial charge in [-0.25, -0.2) is 4.79 Å². The number of carboxylic acid groups (broad SMARTS) is 1. The zero-order valence-corrected chi connectivity index (χ0v) is 33.0. The second-order valence-corrected chi connectivity index (χ2v) is 15.3. The van der Waals surface area contributed by atoms with E-state index in [9.17, 15) is 29.1 Å². The molecule has 0 bridgehead atoms. The van der Waals surface area contributed by atoms with Crippen LogP contribution in [0.2, 0.25) is 0 Å². The summed E-state index contributed by atoms with van der Waals surface area (Å²) in [5.41, 5.74) is 13.4. The highest BCUT2D eigenvalue weighted by molar-refractivity contribution is 5.97. The third-order valence-corrected chi connectivity index (χ3v) is 11.1. The van der Waals surface area contributed by atoms with Crippen LogP contribution in [0.1, 0.15) is 48.8 Å². The van der Waals surface area contributed by atoms with E-state index in [0.29, 0.717) is 38.9 Å². The molecule has 1 saturated heterocycles. The highest BCUT2D eigenvalue weighted by atomic mass is 16.4. The Morgan fingerprint density at radius 2 is 1.29 bits per heavy atom. The Labute approximate surface area is 343 Å². The first kappa shape index (κ1) is 42.5. The molecule has 4 atom stereocenters. The Hall–Kier alpha value is -6.09. The molecule has 1 fully saturated rings. The number of fused-ring (bicyclic) bond motifs is 2. The van der Waals surface area contributed by atoms with Gasteiger partial charge in [-0.1, -0.05) is 97.4 Å². The largest absolute Gasteiger partial charge is 0.480 e. The fourth-order valence-electron chi connectivity index (χ4n) is 7.63. The van der Waals surface area contributed by atoms with Crippen molar-refractivity contribution in [3.05, 3.63) is 120 Å². The van der Waals surface area contributed by atoms with Crippen LogP contribution in [0.15, 0.2) is 103 Å². The van der Waals surface area contributed by atoms with Gasteiger partial charge in [0.2, 0.25) is 23.6 Å². The summed E-state index contributed by atoms with van der Waals surface area (Å²) in [4.78, 5) is 72.5. The molecule has 4 aromatic carbocycles. The maximum atomic E-state index is 14.7. The second kappa shape index (κ2) is 20.1. The molecule has 4 amide bonds. The first-order valence-electron chi connectivity index (χ1n) is 20.2. The summed E-state index contributed by atoms with van der Waals surface area (Å²) in [5.74, 6) is -3.61. The summed E-state index contributed by atoms with van der Waals surface area (Å²) < 4.78 is 0. The van der Waals surface area contributed by atoms with E-state index in [1.807, 2.05) is 97.1 Å². The number of nitrogens with two attached hydrogens (primary N) is 2. The first-order valence-corrected chi connectivity index (χ1v) is 20.2. The summed E-state index contributed by atoms with van der Waals surface area (Å²) in [6.45, 7) is 1.26. The van der Waals surface area contributed by atoms with Crippen LogP contribution in [0.4, 0.5) is 0 Å². The quantitative estimate of drug-likeness (QED) is 0.0558. The number of piperidine rings is 1. The highest BCUT2D eigenvalue weighted by Crippen LogP contribution is 2.22. The molecule has 5 aromatic rings. The summed E-state index contributed by atoms with van der Waals surface area (Å²) in [7, 11) is 0. The van der Waals surface area contributed by atoms with Crippen molar-refractivity contribution < 1.29 is 29.1 Å². The Morgan fingerprint density at radius 3 is 2.00 bits per heavy atom. The van der Waals surface area contributed by atoms with Crippen LogP contribution in [0.25, 0.3) is 21.7 Å². The van der Waals surface area contributed by atoms with Gasteiger partial charge in [0.15, 0.2) is 0 Å². The lowest BCUT2D eigenvalue weighted by Crippen LogP contribution is -2.64. The third kappa shape index (κ3) is 11.1. The van der Waals surface area contributed by atoms with E-state index in [1.165, 1.54) is 0 Å². The van der Waals surface area contributed by atoms with E-state index in [4.69, 9.17) is 11.5 Å². The van der Waals surface area contributed by atoms with Gasteiger partial charge in [0.1, 0.15) is 23.7 Å². The Kier molecular flexibility index (Phi) is 14.4. The molecular formula is C45H54N8O6. The van der Waals surface area contributed by atoms with Gasteiger partial charge >= 0.3 is 5.97 Å². The Bertz CT molecular complexity index is 2240. The van der Waals surface area contributed by atoms with Crippen LogP contribution in [-0.2, 0) is 43.2 Å². The minimum absolute atomic E-state index is 0.0290. The number of carbonyl (C=O) groups excluding carboxylic acids is 4. The lowest BCUT2D eigenvalue weighted by atomic mass is 9.87. The van der Waals surface area contributed by atoms with Gasteiger partial charge in [-0.3, -0.25) is 19.2 Å². The number of carboxylic acids is 1. The number of aliphatic carboxylic acids is 1. The normalized spacial score (nSPS) is 15.7. The minimum Gasteiger partial charge on any atom is -0.480 e. The molecule has 0 spiro atoms. The van der Waals surface area contributed by atoms with Crippen LogP contribution in [0.5, 0.6) is 0 Å². The van der Waals surface area contributed by atoms with Gasteiger partial charge in [0.05, 0.1) is 6.04 Å². The van der Waals surface area contributed by atoms with Crippen molar-refractivity contribution in [1.29, 1.82) is 0 Å². The summed E-state index contributed by atoms with van der Waals surface area (Å²) >= 11 is 0. The fraction of sp³-hybridized carbons (Fsp3) is 0.356. The lowest BCUT2D eigenvalue weighted by molar-refractivity contribution is -0.149. The van der Waals surface area contributed by atoms with Crippen molar-refractivity contribution in [3.63, 3.8) is 0 Å². The van der Waals surface area contributed by atoms with E-state index >= 15 is 0 Å². The number of benzene rings is 4. The highest BCUT2D eigenvalue weighted by Gasteiger charge is 2.43. The topological polar surface area (TPSA) is 234 Å². The van der Waals surface area contributed by atoms with Crippen LogP contribution in [-0.4, -0.2) is 89.0 Å². The van der Waals surface area contributed by atoms with E-state index in [-0.39, 0.29) is 32.1 Å². The van der Waals surface area contributed by atoms with Gasteiger partial charge < -0.3 is 48.1 Å². The number of para-hydroxylation sites is 1. The number of unbranched alkanes of at least 4 members (excludes halogenated alkanes) is 1. The predicted molar refractivity (Wildman–Crippen MR) is 227 cm³/mol. The molecule has 1 aromatic heterocycles. The first-order chi connectivity index (χ1) is 28.5. The molecule has 14 heteroatoms. The molecule has 0 aliphatic carbocycles. The van der Waals surface area contributed by atoms with Gasteiger partial charge in [-0.2, -0.15) is 0 Å². The number of H-pyrrole nitrogens is 1. The summed E-state index contributed by atoms with van der Waals surface area (Å²) in [6, 6.07) is 25.8. The van der Waals surface area contributed by atoms with Gasteiger partial charge in [0, 0.05) is 36.4 Å². The van der Waals surface area contributed by atoms with E-state index in [2.05, 4.69) is 31.6 Å². The fourth-order valence-corrected chi connectivity index (χ4v) is 7.63. The number of rotatable bonds is 19. The molecule has 11 N–H and O–H groups in total. The van der Waals surface area contributed by atoms with Crippen LogP contribution in [0, 0.1) is 0 Å². The van der Waals surface area contributed by atoms with Gasteiger partial charge in [-0.05, 0) is 78.8 Å². The van der Waals surface area contributed by atoms with Crippen molar-refractivity contribution in [3.8, 4) is 0 Å². The molecule has 59 heavy (non-hydrogen) atoms. The molecule has 6 rings (SSSR count). The van der Waals surface area contributed by atoms with Crippen LogP contribution in [0.3, 0.4) is 0 Å². The van der Waals surface area contributed by atoms with Crippen LogP contribution < -0.4 is 38.1 Å². The monoisotopic (exact) mass is 802 g/mol. The van der Waals surface area contributed by atoms with Gasteiger partial charge in [-0.15, -0.1) is 0 Å². The van der Waals surface area contributed by atoms with Crippen molar-refractivity contribution >= 4 is 51.3 Å². The number of amides is 4. The zero-order chi connectivity index (χ0) is 41.8. The van der Waals surface area contributed by atoms with E-state index in [0.717, 1.165) is 38.4 Å². The van der Waals surface area contributed by atoms with Gasteiger partial charge in [0.25, 0.3) is 0 Å². The number of nitrogens with one attached hydrogen (secondary N) is 6. The molecule has 0 unspecified atom stereocenters. The lowest BCUT2D eigenvalue weighted by Gasteiger charge is -2.36.